The van der Waals surface area contributed by atoms with Crippen molar-refractivity contribution in [2.75, 3.05) is 6.54 Å². The van der Waals surface area contributed by atoms with Gasteiger partial charge in [0.25, 0.3) is 0 Å². The standard InChI is InChI=1S/C19H31N/c1-4-13-20-19(15(5-2)6-3)18-12-8-11-17(14-18)16-9-7-10-16/h8,11-12,14-16,19-20H,4-7,9-10,13H2,1-3H3. The van der Waals surface area contributed by atoms with Gasteiger partial charge in [-0.15, -0.1) is 0 Å². The average Bonchev–Trinajstić information content (AvgIpc) is 2.42. The molecule has 1 aromatic carbocycles. The SMILES string of the molecule is CCCNC(c1cccc(C2CCC2)c1)C(CC)CC. The van der Waals surface area contributed by atoms with Crippen molar-refractivity contribution in [1.82, 2.24) is 5.32 Å². The van der Waals surface area contributed by atoms with E-state index in [2.05, 4.69) is 50.4 Å². The van der Waals surface area contributed by atoms with E-state index in [-0.39, 0.29) is 0 Å². The van der Waals surface area contributed by atoms with E-state index in [1.54, 1.807) is 5.56 Å². The fraction of sp³-hybridized carbons (Fsp3) is 0.684. The summed E-state index contributed by atoms with van der Waals surface area (Å²) in [5, 5.41) is 3.79. The molecule has 0 spiro atoms. The number of hydrogen-bond acceptors (Lipinski definition) is 1. The maximum Gasteiger partial charge on any atom is 0.0348 e. The Hall–Kier alpha value is -0.820. The van der Waals surface area contributed by atoms with Crippen molar-refractivity contribution in [1.29, 1.82) is 0 Å². The summed E-state index contributed by atoms with van der Waals surface area (Å²) in [7, 11) is 0. The lowest BCUT2D eigenvalue weighted by atomic mass is 9.78. The van der Waals surface area contributed by atoms with Crippen molar-refractivity contribution in [2.24, 2.45) is 5.92 Å². The van der Waals surface area contributed by atoms with E-state index in [0.29, 0.717) is 6.04 Å². The van der Waals surface area contributed by atoms with Gasteiger partial charge in [0.1, 0.15) is 0 Å². The molecule has 0 aliphatic heterocycles. The van der Waals surface area contributed by atoms with Gasteiger partial charge in [0.05, 0.1) is 0 Å². The summed E-state index contributed by atoms with van der Waals surface area (Å²) in [5.41, 5.74) is 3.08. The molecule has 1 N–H and O–H groups in total. The largest absolute Gasteiger partial charge is 0.310 e. The molecule has 0 amide bonds. The summed E-state index contributed by atoms with van der Waals surface area (Å²) in [6.45, 7) is 8.02. The maximum absolute atomic E-state index is 3.79. The molecule has 0 heterocycles. The maximum atomic E-state index is 3.79. The van der Waals surface area contributed by atoms with Crippen LogP contribution in [0.3, 0.4) is 0 Å². The van der Waals surface area contributed by atoms with Crippen LogP contribution < -0.4 is 5.32 Å². The molecule has 112 valence electrons. The van der Waals surface area contributed by atoms with Gasteiger partial charge in [0, 0.05) is 6.04 Å². The van der Waals surface area contributed by atoms with Gasteiger partial charge in [-0.1, -0.05) is 64.3 Å². The first kappa shape index (κ1) is 15.6. The summed E-state index contributed by atoms with van der Waals surface area (Å²) in [6, 6.07) is 9.94. The molecule has 0 radical (unpaired) electrons. The molecule has 1 heteroatoms. The Balaban J connectivity index is 2.17. The first-order valence-corrected chi connectivity index (χ1v) is 8.63. The number of benzene rings is 1. The van der Waals surface area contributed by atoms with Gasteiger partial charge < -0.3 is 5.32 Å². The monoisotopic (exact) mass is 273 g/mol. The van der Waals surface area contributed by atoms with Crippen LogP contribution in [0.4, 0.5) is 0 Å². The zero-order valence-electron chi connectivity index (χ0n) is 13.5. The van der Waals surface area contributed by atoms with Crippen LogP contribution in [0.25, 0.3) is 0 Å². The Kier molecular flexibility index (Phi) is 6.09. The summed E-state index contributed by atoms with van der Waals surface area (Å²) in [4.78, 5) is 0. The van der Waals surface area contributed by atoms with E-state index in [0.717, 1.165) is 18.4 Å². The van der Waals surface area contributed by atoms with Crippen LogP contribution in [-0.4, -0.2) is 6.54 Å². The molecule has 1 aromatic rings. The van der Waals surface area contributed by atoms with Gasteiger partial charge in [-0.25, -0.2) is 0 Å². The lowest BCUT2D eigenvalue weighted by Gasteiger charge is -2.30. The smallest absolute Gasteiger partial charge is 0.0348 e. The molecular weight excluding hydrogens is 242 g/mol. The van der Waals surface area contributed by atoms with E-state index < -0.39 is 0 Å². The van der Waals surface area contributed by atoms with Crippen LogP contribution in [0.2, 0.25) is 0 Å². The number of hydrogen-bond donors (Lipinski definition) is 1. The molecule has 1 atom stereocenters. The van der Waals surface area contributed by atoms with Crippen LogP contribution in [0.15, 0.2) is 24.3 Å². The van der Waals surface area contributed by atoms with Crippen molar-refractivity contribution in [3.05, 3.63) is 35.4 Å². The molecule has 1 aliphatic carbocycles. The van der Waals surface area contributed by atoms with Crippen molar-refractivity contribution in [3.63, 3.8) is 0 Å². The van der Waals surface area contributed by atoms with Crippen molar-refractivity contribution in [2.45, 2.75) is 71.3 Å². The third-order valence-corrected chi connectivity index (χ3v) is 4.98. The fourth-order valence-corrected chi connectivity index (χ4v) is 3.36. The van der Waals surface area contributed by atoms with Crippen molar-refractivity contribution >= 4 is 0 Å². The second-order valence-corrected chi connectivity index (χ2v) is 6.31. The van der Waals surface area contributed by atoms with Crippen LogP contribution in [0, 0.1) is 5.92 Å². The lowest BCUT2D eigenvalue weighted by molar-refractivity contribution is 0.340. The first-order valence-electron chi connectivity index (χ1n) is 8.63. The molecule has 1 saturated carbocycles. The Labute approximate surface area is 125 Å². The molecule has 0 saturated heterocycles. The predicted octanol–water partition coefficient (Wildman–Crippen LogP) is 5.43. The molecule has 0 aromatic heterocycles. The van der Waals surface area contributed by atoms with E-state index in [1.165, 1.54) is 44.1 Å². The van der Waals surface area contributed by atoms with Crippen LogP contribution in [-0.2, 0) is 0 Å². The highest BCUT2D eigenvalue weighted by Gasteiger charge is 2.23. The lowest BCUT2D eigenvalue weighted by Crippen LogP contribution is -2.28. The van der Waals surface area contributed by atoms with Gasteiger partial charge in [0.2, 0.25) is 0 Å². The zero-order valence-corrected chi connectivity index (χ0v) is 13.5. The van der Waals surface area contributed by atoms with E-state index in [4.69, 9.17) is 0 Å². The molecular formula is C19H31N. The van der Waals surface area contributed by atoms with Crippen LogP contribution >= 0.6 is 0 Å². The second kappa shape index (κ2) is 7.83. The van der Waals surface area contributed by atoms with Gasteiger partial charge in [-0.3, -0.25) is 0 Å². The second-order valence-electron chi connectivity index (χ2n) is 6.31. The topological polar surface area (TPSA) is 12.0 Å². The van der Waals surface area contributed by atoms with Crippen molar-refractivity contribution in [3.8, 4) is 0 Å². The number of rotatable bonds is 8. The van der Waals surface area contributed by atoms with Crippen LogP contribution in [0.1, 0.15) is 82.4 Å². The normalized spacial score (nSPS) is 17.2. The quantitative estimate of drug-likeness (QED) is 0.666. The molecule has 1 fully saturated rings. The minimum atomic E-state index is 0.532. The van der Waals surface area contributed by atoms with Gasteiger partial charge >= 0.3 is 0 Å². The Morgan fingerprint density at radius 1 is 1.15 bits per heavy atom. The molecule has 1 nitrogen and oxygen atoms in total. The molecule has 2 rings (SSSR count). The van der Waals surface area contributed by atoms with E-state index >= 15 is 0 Å². The summed E-state index contributed by atoms with van der Waals surface area (Å²) < 4.78 is 0. The first-order chi connectivity index (χ1) is 9.80. The minimum absolute atomic E-state index is 0.532. The summed E-state index contributed by atoms with van der Waals surface area (Å²) in [5.74, 6) is 1.58. The third kappa shape index (κ3) is 3.63. The molecule has 20 heavy (non-hydrogen) atoms. The van der Waals surface area contributed by atoms with E-state index in [9.17, 15) is 0 Å². The van der Waals surface area contributed by atoms with Gasteiger partial charge in [-0.05, 0) is 48.8 Å². The fourth-order valence-electron chi connectivity index (χ4n) is 3.36. The summed E-state index contributed by atoms with van der Waals surface area (Å²) >= 11 is 0. The minimum Gasteiger partial charge on any atom is -0.310 e. The molecule has 0 bridgehead atoms. The van der Waals surface area contributed by atoms with Gasteiger partial charge in [-0.2, -0.15) is 0 Å². The van der Waals surface area contributed by atoms with Gasteiger partial charge in [0.15, 0.2) is 0 Å². The Morgan fingerprint density at radius 3 is 2.45 bits per heavy atom. The molecule has 1 aliphatic rings. The Bertz CT molecular complexity index is 391. The predicted molar refractivity (Wildman–Crippen MR) is 88.1 cm³/mol. The highest BCUT2D eigenvalue weighted by atomic mass is 14.9. The molecule has 1 unspecified atom stereocenters. The highest BCUT2D eigenvalue weighted by Crippen LogP contribution is 2.38. The zero-order chi connectivity index (χ0) is 14.4. The van der Waals surface area contributed by atoms with Crippen LogP contribution in [0.5, 0.6) is 0 Å². The Morgan fingerprint density at radius 2 is 1.90 bits per heavy atom. The average molecular weight is 273 g/mol. The summed E-state index contributed by atoms with van der Waals surface area (Å²) in [6.07, 6.45) is 7.91. The highest BCUT2D eigenvalue weighted by molar-refractivity contribution is 5.30. The van der Waals surface area contributed by atoms with E-state index in [1.807, 2.05) is 0 Å². The number of nitrogens with one attached hydrogen (secondary N) is 1. The third-order valence-electron chi connectivity index (χ3n) is 4.98. The van der Waals surface area contributed by atoms with Crippen molar-refractivity contribution < 1.29 is 0 Å².